The van der Waals surface area contributed by atoms with E-state index < -0.39 is 173 Å². The smallest absolute Gasteiger partial charge is 0.200 e. The Kier molecular flexibility index (Phi) is 46.3. The van der Waals surface area contributed by atoms with E-state index in [1.807, 2.05) is 13.8 Å². The number of hydrogen-bond acceptors (Lipinski definition) is 30. The molecule has 41 heteroatoms. The second-order valence-corrected chi connectivity index (χ2v) is 27.3. The number of alkyl halides is 2. The van der Waals surface area contributed by atoms with Crippen LogP contribution in [0.5, 0.6) is 0 Å². The lowest BCUT2D eigenvalue weighted by molar-refractivity contribution is -0.219. The van der Waals surface area contributed by atoms with Crippen molar-refractivity contribution < 1.29 is 136 Å². The maximum Gasteiger partial charge on any atom is 0.200 e. The summed E-state index contributed by atoms with van der Waals surface area (Å²) in [7, 11) is 49.3. The molecule has 27 atom stereocenters. The number of halogens is 2. The lowest BCUT2D eigenvalue weighted by atomic mass is 9.93. The second-order valence-electron chi connectivity index (χ2n) is 19.2. The average molecular weight is 1410 g/mol. The first kappa shape index (κ1) is 91.1. The minimum Gasteiger partial charge on any atom is -0.780 e. The maximum absolute atomic E-state index is 14.1. The van der Waals surface area contributed by atoms with Crippen molar-refractivity contribution in [1.29, 1.82) is 0 Å². The van der Waals surface area contributed by atoms with E-state index in [4.69, 9.17) is 195 Å². The highest BCUT2D eigenvalue weighted by atomic mass is 32.7. The first-order valence-electron chi connectivity index (χ1n) is 27.2. The summed E-state index contributed by atoms with van der Waals surface area (Å²) >= 11 is 14.9. The molecule has 27 nitrogen and oxygen atoms in total. The molecule has 518 valence electrons. The molecule has 0 saturated carbocycles. The van der Waals surface area contributed by atoms with E-state index in [0.717, 1.165) is 0 Å². The van der Waals surface area contributed by atoms with Crippen LogP contribution in [0.2, 0.25) is 0 Å². The van der Waals surface area contributed by atoms with Gasteiger partial charge in [-0.05, 0) is 0 Å². The van der Waals surface area contributed by atoms with Crippen molar-refractivity contribution in [2.75, 3.05) is 137 Å². The molecule has 0 aromatic heterocycles. The maximum atomic E-state index is 14.1. The Balaban J connectivity index is 0.00000129. The predicted octanol–water partition coefficient (Wildman–Crippen LogP) is 0.0377. The van der Waals surface area contributed by atoms with Gasteiger partial charge in [0.05, 0.1) is 78.1 Å². The third-order valence-electron chi connectivity index (χ3n) is 13.5. The molecular formula is C49H92B6F2O27P3S3-3. The van der Waals surface area contributed by atoms with Crippen molar-refractivity contribution in [1.82, 2.24) is 0 Å². The summed E-state index contributed by atoms with van der Waals surface area (Å²) in [5.74, 6) is 0. The van der Waals surface area contributed by atoms with Gasteiger partial charge in [0.2, 0.25) is 0 Å². The van der Waals surface area contributed by atoms with Gasteiger partial charge in [-0.25, -0.2) is 8.78 Å². The molecule has 9 unspecified atom stereocenters. The Morgan fingerprint density at radius 1 is 0.389 bits per heavy atom. The molecule has 12 radical (unpaired) electrons. The van der Waals surface area contributed by atoms with Gasteiger partial charge in [-0.3, -0.25) is 4.57 Å². The zero-order chi connectivity index (χ0) is 65.4. The molecule has 0 aromatic rings. The van der Waals surface area contributed by atoms with Gasteiger partial charge in [-0.15, -0.1) is 0 Å². The quantitative estimate of drug-likeness (QED) is 0.0356. The molecular weight excluding hydrogens is 1310 g/mol. The van der Waals surface area contributed by atoms with Gasteiger partial charge < -0.3 is 134 Å². The van der Waals surface area contributed by atoms with E-state index in [2.05, 4.69) is 0 Å². The lowest BCUT2D eigenvalue weighted by Crippen LogP contribution is -2.41. The summed E-state index contributed by atoms with van der Waals surface area (Å²) in [5.41, 5.74) is 0. The van der Waals surface area contributed by atoms with Crippen LogP contribution in [-0.4, -0.2) is 330 Å². The van der Waals surface area contributed by atoms with Crippen molar-refractivity contribution in [3.8, 4) is 0 Å². The van der Waals surface area contributed by atoms with E-state index in [-0.39, 0.29) is 61.9 Å². The number of methoxy groups -OCH3 is 10. The fraction of sp³-hybridized carbons (Fsp3) is 1.00. The number of ether oxygens (including phenoxy) is 18. The van der Waals surface area contributed by atoms with Gasteiger partial charge in [0.1, 0.15) is 171 Å². The molecule has 0 N–H and O–H groups in total. The summed E-state index contributed by atoms with van der Waals surface area (Å²) in [4.78, 5) is 25.3. The van der Waals surface area contributed by atoms with Crippen LogP contribution in [0, 0.1) is 0 Å². The SMILES string of the molecule is C.C.C.CC.[B][C@@H]1O[C@H](COP(=O)([S-])OC2[C@@H](COC)O[C@@H]([B])[C@H]2OC)C(OC)[C@@H]1OC.[B][C@@H]1O[C@H](COP([O-])(=S)OC2[C@@H](COC)O[C@@H]([B])[C@H]2F)C(OC)[C@@H]1F.[B][C@@H]1O[C@H](COP([O-])(=S)OC2[C@@H](COC)O[C@@H]([B])[C@H]2OCCOC)C(OC)[C@@H]1OCCOC. The van der Waals surface area contributed by atoms with Crippen molar-refractivity contribution in [3.05, 3.63) is 0 Å². The van der Waals surface area contributed by atoms with Crippen LogP contribution in [0.1, 0.15) is 36.1 Å². The minimum absolute atomic E-state index is 0. The highest BCUT2D eigenvalue weighted by Gasteiger charge is 2.50. The van der Waals surface area contributed by atoms with Gasteiger partial charge in [-0.2, -0.15) is 0 Å². The molecule has 6 aliphatic rings. The van der Waals surface area contributed by atoms with Gasteiger partial charge >= 0.3 is 0 Å². The van der Waals surface area contributed by atoms with E-state index in [1.165, 1.54) is 56.9 Å². The molecule has 6 rings (SSSR count). The Hall–Kier alpha value is 1.09. The van der Waals surface area contributed by atoms with Crippen LogP contribution in [-0.2, 0) is 153 Å². The summed E-state index contributed by atoms with van der Waals surface area (Å²) in [5, 5.41) is 0. The molecule has 0 spiro atoms. The lowest BCUT2D eigenvalue weighted by Gasteiger charge is -2.35. The van der Waals surface area contributed by atoms with Crippen molar-refractivity contribution in [2.24, 2.45) is 0 Å². The van der Waals surface area contributed by atoms with Crippen LogP contribution in [0.4, 0.5) is 8.78 Å². The van der Waals surface area contributed by atoms with Gasteiger partial charge in [0.15, 0.2) is 6.80 Å². The normalized spacial score (nSPS) is 38.1. The van der Waals surface area contributed by atoms with Gasteiger partial charge in [0.25, 0.3) is 0 Å². The minimum atomic E-state index is -4.14. The molecule has 0 aromatic carbocycles. The third kappa shape index (κ3) is 27.3. The molecule has 6 aliphatic heterocycles. The fourth-order valence-corrected chi connectivity index (χ4v) is 13.8. The highest BCUT2D eigenvalue weighted by Crippen LogP contribution is 2.51. The van der Waals surface area contributed by atoms with E-state index in [1.54, 1.807) is 14.2 Å². The Morgan fingerprint density at radius 2 is 0.667 bits per heavy atom. The summed E-state index contributed by atoms with van der Waals surface area (Å²) in [6.45, 7) is -7.32. The first-order chi connectivity index (χ1) is 41.2. The van der Waals surface area contributed by atoms with Crippen LogP contribution in [0.3, 0.4) is 0 Å². The molecule has 6 heterocycles. The zero-order valence-corrected chi connectivity index (χ0v) is 55.9. The van der Waals surface area contributed by atoms with E-state index in [9.17, 15) is 23.1 Å². The summed E-state index contributed by atoms with van der Waals surface area (Å²) in [6, 6.07) is -5.54. The largest absolute Gasteiger partial charge is 0.780 e. The zero-order valence-electron chi connectivity index (χ0n) is 50.7. The monoisotopic (exact) mass is 1410 g/mol. The standard InChI is InChI=1S/C18H33B2O11PS.C14H25B2O9PS.C12H19B2F2O7PS.C2H6.3CH4/c1-22-5-7-26-15-13(25-4)12(30-17(15)19)10-28-32(21,33)31-14-11(9-24-3)29-18(20)16(14)27-8-6-23-2;1-18-5-7-10(12(21-4)14(16)23-7)25-26(17,27)22-6-8-9(19-2)11(20-3)13(15)24-8;1-18-3-5-10(8(16)12(14)21-5)23-24(17,25)20-4-6-9(19-2)7(15)11(13)22-6;1-2;;;/h11-18H,5-10H2,1-4H3,(H,21,33);7-14H,5-6H2,1-4H3,(H,17,27);5-12H,3-4H2,1-2H3,(H,17,25);1-2H3;3*1H4/p-3/t11-,12-,13?,14?,15+,16+,17-,18-,32?;7-,8-,9?,10?,11+,12+,13-,14-,26?;5-,6-,7+,8+,9?,10?,11-,12-,24?;;;;/m111..../s1. The molecule has 0 bridgehead atoms. The summed E-state index contributed by atoms with van der Waals surface area (Å²) in [6.07, 6.45) is -15.3. The topological polar surface area (TPSA) is 285 Å². The van der Waals surface area contributed by atoms with Crippen LogP contribution in [0.15, 0.2) is 0 Å². The Bertz CT molecular complexity index is 2060. The summed E-state index contributed by atoms with van der Waals surface area (Å²) < 4.78 is 168. The number of rotatable bonds is 34. The van der Waals surface area contributed by atoms with Crippen LogP contribution in [0.25, 0.3) is 0 Å². The van der Waals surface area contributed by atoms with Crippen LogP contribution >= 0.6 is 20.2 Å². The van der Waals surface area contributed by atoms with E-state index in [0.29, 0.717) is 19.8 Å². The first-order valence-corrected chi connectivity index (χ1v) is 34.9. The molecule has 90 heavy (non-hydrogen) atoms. The van der Waals surface area contributed by atoms with Crippen molar-refractivity contribution in [2.45, 2.75) is 182 Å². The van der Waals surface area contributed by atoms with Crippen molar-refractivity contribution in [3.63, 3.8) is 0 Å². The fourth-order valence-electron chi connectivity index (χ4n) is 9.53. The Labute approximate surface area is 555 Å². The molecule has 6 saturated heterocycles. The van der Waals surface area contributed by atoms with Crippen molar-refractivity contribution >= 4 is 103 Å². The second kappa shape index (κ2) is 45.7. The predicted molar refractivity (Wildman–Crippen MR) is 337 cm³/mol. The van der Waals surface area contributed by atoms with E-state index >= 15 is 0 Å². The average Bonchev–Trinajstić information content (AvgIpc) is 1.75. The molecule has 6 fully saturated rings. The molecule has 0 aliphatic carbocycles. The number of hydrogen-bond donors (Lipinski definition) is 0. The highest BCUT2D eigenvalue weighted by molar-refractivity contribution is 8.32. The third-order valence-corrected chi connectivity index (χ3v) is 18.2. The Morgan fingerprint density at radius 3 is 1.04 bits per heavy atom. The van der Waals surface area contributed by atoms with Crippen LogP contribution < -0.4 is 9.79 Å². The van der Waals surface area contributed by atoms with Gasteiger partial charge in [-0.1, -0.05) is 59.7 Å². The van der Waals surface area contributed by atoms with Gasteiger partial charge in [0, 0.05) is 95.1 Å². The molecule has 0 amide bonds.